The fourth-order valence-corrected chi connectivity index (χ4v) is 4.02. The second-order valence-electron chi connectivity index (χ2n) is 6.41. The highest BCUT2D eigenvalue weighted by atomic mass is 35.5. The Morgan fingerprint density at radius 2 is 1.70 bits per heavy atom. The van der Waals surface area contributed by atoms with Crippen molar-refractivity contribution in [2.45, 2.75) is 33.6 Å². The molecule has 0 bridgehead atoms. The number of aryl methyl sites for hydroxylation is 3. The lowest BCUT2D eigenvalue weighted by Crippen LogP contribution is -2.38. The van der Waals surface area contributed by atoms with Crippen molar-refractivity contribution in [2.75, 3.05) is 22.4 Å². The molecule has 0 saturated carbocycles. The van der Waals surface area contributed by atoms with Crippen molar-refractivity contribution in [3.63, 3.8) is 0 Å². The minimum absolute atomic E-state index is 0.318. The Labute approximate surface area is 166 Å². The predicted molar refractivity (Wildman–Crippen MR) is 112 cm³/mol. The number of sulfonamides is 1. The highest BCUT2D eigenvalue weighted by Gasteiger charge is 2.23. The molecule has 7 heteroatoms. The topological polar surface area (TPSA) is 66.5 Å². The fraction of sp³-hybridized carbons (Fsp3) is 0.350. The SMILES string of the molecule is CCc1cccc(CC)c1NC(=O)CN(c1cc(Cl)ccc1C)S(C)(=O)=O. The Hall–Kier alpha value is -2.05. The molecule has 2 aromatic rings. The molecular formula is C20H25ClN2O3S. The summed E-state index contributed by atoms with van der Waals surface area (Å²) in [6.45, 7) is 5.50. The number of carbonyl (C=O) groups excluding carboxylic acids is 1. The van der Waals surface area contributed by atoms with Gasteiger partial charge in [-0.15, -0.1) is 0 Å². The zero-order valence-corrected chi connectivity index (χ0v) is 17.6. The number of halogens is 1. The average molecular weight is 409 g/mol. The number of rotatable bonds is 7. The predicted octanol–water partition coefficient (Wildman–Crippen LogP) is 4.18. The van der Waals surface area contributed by atoms with Gasteiger partial charge >= 0.3 is 0 Å². The van der Waals surface area contributed by atoms with Gasteiger partial charge in [-0.05, 0) is 48.6 Å². The second-order valence-corrected chi connectivity index (χ2v) is 8.75. The van der Waals surface area contributed by atoms with E-state index < -0.39 is 15.9 Å². The lowest BCUT2D eigenvalue weighted by molar-refractivity contribution is -0.114. The van der Waals surface area contributed by atoms with Crippen molar-refractivity contribution >= 4 is 38.9 Å². The van der Waals surface area contributed by atoms with Crippen LogP contribution in [0.5, 0.6) is 0 Å². The molecule has 0 heterocycles. The summed E-state index contributed by atoms with van der Waals surface area (Å²) in [6.07, 6.45) is 2.62. The van der Waals surface area contributed by atoms with Crippen LogP contribution in [0.3, 0.4) is 0 Å². The zero-order valence-electron chi connectivity index (χ0n) is 16.0. The number of hydrogen-bond donors (Lipinski definition) is 1. The van der Waals surface area contributed by atoms with Crippen molar-refractivity contribution in [2.24, 2.45) is 0 Å². The van der Waals surface area contributed by atoms with Crippen molar-refractivity contribution in [3.8, 4) is 0 Å². The minimum Gasteiger partial charge on any atom is -0.324 e. The molecule has 2 rings (SSSR count). The van der Waals surface area contributed by atoms with E-state index in [1.165, 1.54) is 0 Å². The maximum Gasteiger partial charge on any atom is 0.245 e. The average Bonchev–Trinajstić information content (AvgIpc) is 2.61. The smallest absolute Gasteiger partial charge is 0.245 e. The molecule has 0 fully saturated rings. The molecule has 0 radical (unpaired) electrons. The highest BCUT2D eigenvalue weighted by Crippen LogP contribution is 2.27. The molecule has 0 aliphatic heterocycles. The summed E-state index contributed by atoms with van der Waals surface area (Å²) in [5, 5.41) is 3.32. The second kappa shape index (κ2) is 8.76. The summed E-state index contributed by atoms with van der Waals surface area (Å²) in [4.78, 5) is 12.7. The Bertz CT molecular complexity index is 920. The first-order valence-corrected chi connectivity index (χ1v) is 11.0. The van der Waals surface area contributed by atoms with Crippen molar-refractivity contribution in [1.82, 2.24) is 0 Å². The molecule has 0 aliphatic rings. The maximum absolute atomic E-state index is 12.7. The van der Waals surface area contributed by atoms with Crippen LogP contribution in [-0.4, -0.2) is 27.1 Å². The third-order valence-electron chi connectivity index (χ3n) is 4.39. The van der Waals surface area contributed by atoms with Gasteiger partial charge in [0.2, 0.25) is 15.9 Å². The maximum atomic E-state index is 12.7. The molecule has 1 amide bonds. The minimum atomic E-state index is -3.66. The molecule has 0 saturated heterocycles. The standard InChI is InChI=1S/C20H25ClN2O3S/c1-5-15-8-7-9-16(6-2)20(15)22-19(24)13-23(27(4,25)26)18-12-17(21)11-10-14(18)3/h7-12H,5-6,13H2,1-4H3,(H,22,24). The number of anilines is 2. The Balaban J connectivity index is 2.35. The van der Waals surface area contributed by atoms with E-state index in [1.807, 2.05) is 32.0 Å². The van der Waals surface area contributed by atoms with Crippen molar-refractivity contribution in [3.05, 3.63) is 58.1 Å². The summed E-state index contributed by atoms with van der Waals surface area (Å²) in [5.74, 6) is -0.393. The van der Waals surface area contributed by atoms with E-state index in [0.717, 1.165) is 45.8 Å². The van der Waals surface area contributed by atoms with Crippen LogP contribution in [0, 0.1) is 6.92 Å². The number of nitrogens with one attached hydrogen (secondary N) is 1. The van der Waals surface area contributed by atoms with E-state index in [4.69, 9.17) is 11.6 Å². The molecule has 5 nitrogen and oxygen atoms in total. The van der Waals surface area contributed by atoms with Gasteiger partial charge in [-0.2, -0.15) is 0 Å². The fourth-order valence-electron chi connectivity index (χ4n) is 2.94. The van der Waals surface area contributed by atoms with Gasteiger partial charge in [-0.3, -0.25) is 9.10 Å². The highest BCUT2D eigenvalue weighted by molar-refractivity contribution is 7.92. The van der Waals surface area contributed by atoms with Crippen LogP contribution in [-0.2, 0) is 27.7 Å². The first kappa shape index (κ1) is 21.3. The van der Waals surface area contributed by atoms with Crippen LogP contribution in [0.2, 0.25) is 5.02 Å². The molecular weight excluding hydrogens is 384 g/mol. The van der Waals surface area contributed by atoms with E-state index in [1.54, 1.807) is 25.1 Å². The molecule has 2 aromatic carbocycles. The van der Waals surface area contributed by atoms with Crippen LogP contribution < -0.4 is 9.62 Å². The van der Waals surface area contributed by atoms with Gasteiger partial charge in [0.25, 0.3) is 0 Å². The largest absolute Gasteiger partial charge is 0.324 e. The number of hydrogen-bond acceptors (Lipinski definition) is 3. The summed E-state index contributed by atoms with van der Waals surface area (Å²) in [7, 11) is -3.66. The lowest BCUT2D eigenvalue weighted by Gasteiger charge is -2.24. The van der Waals surface area contributed by atoms with Gasteiger partial charge in [0, 0.05) is 10.7 Å². The molecule has 0 unspecified atom stereocenters. The number of benzene rings is 2. The van der Waals surface area contributed by atoms with Crippen LogP contribution in [0.1, 0.15) is 30.5 Å². The van der Waals surface area contributed by atoms with Gasteiger partial charge in [-0.1, -0.05) is 49.7 Å². The third kappa shape index (κ3) is 5.23. The number of amides is 1. The molecule has 0 aromatic heterocycles. The third-order valence-corrected chi connectivity index (χ3v) is 5.75. The van der Waals surface area contributed by atoms with E-state index in [2.05, 4.69) is 5.32 Å². The monoisotopic (exact) mass is 408 g/mol. The first-order chi connectivity index (χ1) is 12.7. The van der Waals surface area contributed by atoms with E-state index in [9.17, 15) is 13.2 Å². The van der Waals surface area contributed by atoms with Gasteiger partial charge < -0.3 is 5.32 Å². The van der Waals surface area contributed by atoms with Crippen LogP contribution in [0.15, 0.2) is 36.4 Å². The van der Waals surface area contributed by atoms with E-state index in [0.29, 0.717) is 10.7 Å². The first-order valence-electron chi connectivity index (χ1n) is 8.81. The van der Waals surface area contributed by atoms with Crippen molar-refractivity contribution in [1.29, 1.82) is 0 Å². The molecule has 0 spiro atoms. The summed E-state index contributed by atoms with van der Waals surface area (Å²) in [6, 6.07) is 10.9. The molecule has 0 atom stereocenters. The van der Waals surface area contributed by atoms with Gasteiger partial charge in [0.15, 0.2) is 0 Å². The Kier molecular flexibility index (Phi) is 6.89. The quantitative estimate of drug-likeness (QED) is 0.747. The molecule has 146 valence electrons. The van der Waals surface area contributed by atoms with Crippen LogP contribution in [0.4, 0.5) is 11.4 Å². The van der Waals surface area contributed by atoms with Gasteiger partial charge in [0.05, 0.1) is 11.9 Å². The summed E-state index contributed by atoms with van der Waals surface area (Å²) < 4.78 is 25.8. The van der Waals surface area contributed by atoms with Gasteiger partial charge in [-0.25, -0.2) is 8.42 Å². The van der Waals surface area contributed by atoms with E-state index >= 15 is 0 Å². The van der Waals surface area contributed by atoms with E-state index in [-0.39, 0.29) is 6.54 Å². The molecule has 0 aliphatic carbocycles. The number of para-hydroxylation sites is 1. The zero-order chi connectivity index (χ0) is 20.2. The Morgan fingerprint density at radius 3 is 2.22 bits per heavy atom. The van der Waals surface area contributed by atoms with Crippen molar-refractivity contribution < 1.29 is 13.2 Å². The molecule has 27 heavy (non-hydrogen) atoms. The summed E-state index contributed by atoms with van der Waals surface area (Å²) >= 11 is 6.03. The Morgan fingerprint density at radius 1 is 1.11 bits per heavy atom. The van der Waals surface area contributed by atoms with Crippen LogP contribution >= 0.6 is 11.6 Å². The molecule has 1 N–H and O–H groups in total. The van der Waals surface area contributed by atoms with Gasteiger partial charge in [0.1, 0.15) is 6.54 Å². The normalized spacial score (nSPS) is 11.3. The summed E-state index contributed by atoms with van der Waals surface area (Å²) in [5.41, 5.74) is 3.93. The lowest BCUT2D eigenvalue weighted by atomic mass is 10.0. The van der Waals surface area contributed by atoms with Crippen LogP contribution in [0.25, 0.3) is 0 Å². The number of carbonyl (C=O) groups is 1. The number of nitrogens with zero attached hydrogens (tertiary/aromatic N) is 1.